The monoisotopic (exact) mass is 369 g/mol. The molecular formula is C21H23NO5. The maximum atomic E-state index is 12.7. The van der Waals surface area contributed by atoms with Crippen LogP contribution in [0.2, 0.25) is 0 Å². The lowest BCUT2D eigenvalue weighted by Gasteiger charge is -2.17. The number of carbonyl (C=O) groups is 2. The molecule has 0 saturated heterocycles. The van der Waals surface area contributed by atoms with E-state index in [1.54, 1.807) is 49.6 Å². The van der Waals surface area contributed by atoms with Gasteiger partial charge in [-0.15, -0.1) is 0 Å². The lowest BCUT2D eigenvalue weighted by atomic mass is 10.1. The number of esters is 1. The molecule has 3 rings (SSSR count). The molecule has 0 unspecified atom stereocenters. The minimum absolute atomic E-state index is 0.171. The number of amides is 1. The van der Waals surface area contributed by atoms with Crippen LogP contribution in [0, 0.1) is 0 Å². The minimum Gasteiger partial charge on any atom is -0.493 e. The van der Waals surface area contributed by atoms with Crippen molar-refractivity contribution in [2.24, 2.45) is 0 Å². The van der Waals surface area contributed by atoms with Crippen molar-refractivity contribution in [3.63, 3.8) is 0 Å². The molecule has 1 fully saturated rings. The number of anilines is 1. The molecule has 1 saturated carbocycles. The third-order valence-corrected chi connectivity index (χ3v) is 4.59. The molecule has 0 bridgehead atoms. The van der Waals surface area contributed by atoms with Gasteiger partial charge in [0.2, 0.25) is 0 Å². The molecule has 1 N–H and O–H groups in total. The molecule has 0 aromatic heterocycles. The first-order valence-corrected chi connectivity index (χ1v) is 8.95. The zero-order valence-corrected chi connectivity index (χ0v) is 15.5. The van der Waals surface area contributed by atoms with Crippen LogP contribution in [-0.2, 0) is 4.74 Å². The average Bonchev–Trinajstić information content (AvgIpc) is 3.20. The van der Waals surface area contributed by atoms with Crippen LogP contribution >= 0.6 is 0 Å². The first-order valence-electron chi connectivity index (χ1n) is 8.95. The molecule has 1 amide bonds. The third-order valence-electron chi connectivity index (χ3n) is 4.59. The molecule has 6 heteroatoms. The van der Waals surface area contributed by atoms with E-state index in [2.05, 4.69) is 5.32 Å². The Bertz CT molecular complexity index is 827. The summed E-state index contributed by atoms with van der Waals surface area (Å²) in [6, 6.07) is 11.8. The molecule has 27 heavy (non-hydrogen) atoms. The Labute approximate surface area is 158 Å². The van der Waals surface area contributed by atoms with Gasteiger partial charge >= 0.3 is 5.97 Å². The van der Waals surface area contributed by atoms with Gasteiger partial charge in [0.15, 0.2) is 11.5 Å². The second kappa shape index (κ2) is 8.58. The van der Waals surface area contributed by atoms with E-state index in [1.165, 1.54) is 7.11 Å². The lowest BCUT2D eigenvalue weighted by Crippen LogP contribution is -2.17. The van der Waals surface area contributed by atoms with Gasteiger partial charge in [0.05, 0.1) is 31.5 Å². The summed E-state index contributed by atoms with van der Waals surface area (Å²) in [7, 11) is 2.87. The van der Waals surface area contributed by atoms with E-state index in [9.17, 15) is 9.59 Å². The number of hydrogen-bond donors (Lipinski definition) is 1. The average molecular weight is 369 g/mol. The van der Waals surface area contributed by atoms with Crippen molar-refractivity contribution < 1.29 is 23.8 Å². The smallest absolute Gasteiger partial charge is 0.338 e. The van der Waals surface area contributed by atoms with Gasteiger partial charge < -0.3 is 19.5 Å². The van der Waals surface area contributed by atoms with Crippen molar-refractivity contribution in [2.75, 3.05) is 19.5 Å². The number of rotatable bonds is 6. The summed E-state index contributed by atoms with van der Waals surface area (Å²) < 4.78 is 16.2. The number of benzene rings is 2. The zero-order chi connectivity index (χ0) is 19.2. The fraction of sp³-hybridized carbons (Fsp3) is 0.333. The van der Waals surface area contributed by atoms with Gasteiger partial charge in [-0.2, -0.15) is 0 Å². The predicted molar refractivity (Wildman–Crippen MR) is 102 cm³/mol. The summed E-state index contributed by atoms with van der Waals surface area (Å²) in [5.74, 6) is 0.270. The van der Waals surface area contributed by atoms with E-state index in [0.29, 0.717) is 17.2 Å². The molecule has 2 aromatic carbocycles. The van der Waals surface area contributed by atoms with Crippen LogP contribution in [0.4, 0.5) is 5.69 Å². The Morgan fingerprint density at radius 2 is 1.67 bits per heavy atom. The van der Waals surface area contributed by atoms with E-state index in [0.717, 1.165) is 25.7 Å². The molecule has 0 aliphatic heterocycles. The van der Waals surface area contributed by atoms with Crippen molar-refractivity contribution in [1.29, 1.82) is 0 Å². The molecular weight excluding hydrogens is 346 g/mol. The van der Waals surface area contributed by atoms with Crippen LogP contribution in [0.1, 0.15) is 46.4 Å². The Balaban J connectivity index is 1.81. The molecule has 0 atom stereocenters. The summed E-state index contributed by atoms with van der Waals surface area (Å²) in [6.45, 7) is 0. The topological polar surface area (TPSA) is 73.9 Å². The SMILES string of the molecule is COC(=O)c1ccccc1C(=O)Nc1ccc(OC)c(OC2CCCC2)c1. The summed E-state index contributed by atoms with van der Waals surface area (Å²) >= 11 is 0. The number of ether oxygens (including phenoxy) is 3. The van der Waals surface area contributed by atoms with E-state index in [-0.39, 0.29) is 17.2 Å². The highest BCUT2D eigenvalue weighted by molar-refractivity contribution is 6.11. The molecule has 0 radical (unpaired) electrons. The van der Waals surface area contributed by atoms with Crippen molar-refractivity contribution in [2.45, 2.75) is 31.8 Å². The van der Waals surface area contributed by atoms with Gasteiger partial charge in [0.25, 0.3) is 5.91 Å². The van der Waals surface area contributed by atoms with Crippen LogP contribution in [0.3, 0.4) is 0 Å². The number of methoxy groups -OCH3 is 2. The summed E-state index contributed by atoms with van der Waals surface area (Å²) in [5, 5.41) is 2.81. The highest BCUT2D eigenvalue weighted by Crippen LogP contribution is 2.34. The second-order valence-electron chi connectivity index (χ2n) is 6.38. The number of hydrogen-bond acceptors (Lipinski definition) is 5. The van der Waals surface area contributed by atoms with Crippen LogP contribution in [0.5, 0.6) is 11.5 Å². The summed E-state index contributed by atoms with van der Waals surface area (Å²) in [6.07, 6.45) is 4.53. The van der Waals surface area contributed by atoms with E-state index < -0.39 is 11.9 Å². The quantitative estimate of drug-likeness (QED) is 0.778. The zero-order valence-electron chi connectivity index (χ0n) is 15.5. The minimum atomic E-state index is -0.555. The largest absolute Gasteiger partial charge is 0.493 e. The van der Waals surface area contributed by atoms with Gasteiger partial charge in [-0.25, -0.2) is 4.79 Å². The third kappa shape index (κ3) is 4.39. The van der Waals surface area contributed by atoms with E-state index in [1.807, 2.05) is 0 Å². The van der Waals surface area contributed by atoms with E-state index >= 15 is 0 Å². The first kappa shape index (κ1) is 18.8. The van der Waals surface area contributed by atoms with Crippen molar-refractivity contribution in [3.8, 4) is 11.5 Å². The van der Waals surface area contributed by atoms with Gasteiger partial charge in [-0.1, -0.05) is 12.1 Å². The van der Waals surface area contributed by atoms with Gasteiger partial charge in [-0.05, 0) is 49.9 Å². The highest BCUT2D eigenvalue weighted by Gasteiger charge is 2.20. The molecule has 142 valence electrons. The fourth-order valence-corrected chi connectivity index (χ4v) is 3.20. The normalized spacial score (nSPS) is 13.9. The predicted octanol–water partition coefficient (Wildman–Crippen LogP) is 4.06. The fourth-order valence-electron chi connectivity index (χ4n) is 3.20. The van der Waals surface area contributed by atoms with Gasteiger partial charge in [-0.3, -0.25) is 4.79 Å². The molecule has 1 aliphatic carbocycles. The Hall–Kier alpha value is -3.02. The summed E-state index contributed by atoms with van der Waals surface area (Å²) in [5.41, 5.74) is 1.03. The van der Waals surface area contributed by atoms with Crippen LogP contribution in [0.15, 0.2) is 42.5 Å². The highest BCUT2D eigenvalue weighted by atomic mass is 16.5. The number of nitrogens with one attached hydrogen (secondary N) is 1. The first-order chi connectivity index (χ1) is 13.1. The van der Waals surface area contributed by atoms with E-state index in [4.69, 9.17) is 14.2 Å². The van der Waals surface area contributed by atoms with Crippen LogP contribution in [-0.4, -0.2) is 32.2 Å². The standard InChI is InChI=1S/C21H23NO5/c1-25-18-12-11-14(13-19(18)27-15-7-3-4-8-15)22-20(23)16-9-5-6-10-17(16)21(24)26-2/h5-6,9-13,15H,3-4,7-8H2,1-2H3,(H,22,23). The molecule has 1 aliphatic rings. The Morgan fingerprint density at radius 1 is 0.963 bits per heavy atom. The van der Waals surface area contributed by atoms with Crippen molar-refractivity contribution in [3.05, 3.63) is 53.6 Å². The maximum absolute atomic E-state index is 12.7. The Kier molecular flexibility index (Phi) is 5.96. The van der Waals surface area contributed by atoms with Crippen LogP contribution in [0.25, 0.3) is 0 Å². The van der Waals surface area contributed by atoms with Gasteiger partial charge in [0.1, 0.15) is 0 Å². The lowest BCUT2D eigenvalue weighted by molar-refractivity contribution is 0.0597. The Morgan fingerprint density at radius 3 is 2.33 bits per heavy atom. The number of carbonyl (C=O) groups excluding carboxylic acids is 2. The van der Waals surface area contributed by atoms with Gasteiger partial charge in [0, 0.05) is 11.8 Å². The molecule has 0 heterocycles. The van der Waals surface area contributed by atoms with Crippen molar-refractivity contribution in [1.82, 2.24) is 0 Å². The molecule has 0 spiro atoms. The molecule has 2 aromatic rings. The molecule has 6 nitrogen and oxygen atoms in total. The maximum Gasteiger partial charge on any atom is 0.338 e. The van der Waals surface area contributed by atoms with Crippen LogP contribution < -0.4 is 14.8 Å². The second-order valence-corrected chi connectivity index (χ2v) is 6.38. The summed E-state index contributed by atoms with van der Waals surface area (Å²) in [4.78, 5) is 24.6. The van der Waals surface area contributed by atoms with Crippen molar-refractivity contribution >= 4 is 17.6 Å².